The normalized spacial score (nSPS) is 19.6. The first-order chi connectivity index (χ1) is 11.0. The van der Waals surface area contributed by atoms with Gasteiger partial charge in [-0.15, -0.1) is 0 Å². The minimum Gasteiger partial charge on any atom is -0.352 e. The molecule has 23 heavy (non-hydrogen) atoms. The van der Waals surface area contributed by atoms with Gasteiger partial charge in [-0.05, 0) is 18.6 Å². The third kappa shape index (κ3) is 4.13. The van der Waals surface area contributed by atoms with Gasteiger partial charge in [0.25, 0.3) is 0 Å². The molecule has 1 N–H and O–H groups in total. The molecule has 1 aliphatic rings. The van der Waals surface area contributed by atoms with E-state index in [9.17, 15) is 13.2 Å². The van der Waals surface area contributed by atoms with Crippen molar-refractivity contribution in [2.24, 2.45) is 0 Å². The average molecular weight is 336 g/mol. The zero-order chi connectivity index (χ0) is 16.3. The molecule has 3 heterocycles. The molecule has 0 spiro atoms. The minimum atomic E-state index is -3.00. The topological polar surface area (TPSA) is 115 Å². The van der Waals surface area contributed by atoms with Crippen LogP contribution in [-0.2, 0) is 21.1 Å². The Morgan fingerprint density at radius 2 is 2.13 bits per heavy atom. The van der Waals surface area contributed by atoms with E-state index in [1.807, 2.05) is 0 Å². The van der Waals surface area contributed by atoms with Crippen LogP contribution in [0, 0.1) is 0 Å². The zero-order valence-electron chi connectivity index (χ0n) is 12.3. The smallest absolute Gasteiger partial charge is 0.227 e. The van der Waals surface area contributed by atoms with Crippen LogP contribution in [0.15, 0.2) is 29.0 Å². The second kappa shape index (κ2) is 6.45. The molecule has 8 nitrogen and oxygen atoms in total. The van der Waals surface area contributed by atoms with Gasteiger partial charge >= 0.3 is 0 Å². The molecule has 1 saturated heterocycles. The molecule has 1 fully saturated rings. The fourth-order valence-electron chi connectivity index (χ4n) is 2.40. The van der Waals surface area contributed by atoms with Gasteiger partial charge in [0.15, 0.2) is 9.84 Å². The van der Waals surface area contributed by atoms with Crippen LogP contribution in [0.3, 0.4) is 0 Å². The number of rotatable bonds is 5. The van der Waals surface area contributed by atoms with E-state index in [0.29, 0.717) is 24.6 Å². The van der Waals surface area contributed by atoms with E-state index in [2.05, 4.69) is 20.4 Å². The summed E-state index contributed by atoms with van der Waals surface area (Å²) in [5.41, 5.74) is 0.788. The number of amides is 1. The second-order valence-corrected chi connectivity index (χ2v) is 7.64. The minimum absolute atomic E-state index is 0.0193. The zero-order valence-corrected chi connectivity index (χ0v) is 13.1. The molecule has 1 atom stereocenters. The molecule has 0 unspecified atom stereocenters. The van der Waals surface area contributed by atoms with Crippen molar-refractivity contribution < 1.29 is 17.7 Å². The highest BCUT2D eigenvalue weighted by molar-refractivity contribution is 7.91. The Morgan fingerprint density at radius 1 is 1.35 bits per heavy atom. The van der Waals surface area contributed by atoms with Crippen LogP contribution < -0.4 is 5.32 Å². The summed E-state index contributed by atoms with van der Waals surface area (Å²) >= 11 is 0. The predicted molar refractivity (Wildman–Crippen MR) is 81.1 cm³/mol. The number of hydrogen-bond acceptors (Lipinski definition) is 7. The van der Waals surface area contributed by atoms with Crippen LogP contribution in [0.1, 0.15) is 18.7 Å². The van der Waals surface area contributed by atoms with Gasteiger partial charge < -0.3 is 9.84 Å². The fraction of sp³-hybridized carbons (Fsp3) is 0.429. The van der Waals surface area contributed by atoms with Crippen LogP contribution in [0.4, 0.5) is 0 Å². The quantitative estimate of drug-likeness (QED) is 0.838. The first-order valence-corrected chi connectivity index (χ1v) is 9.07. The first kappa shape index (κ1) is 15.6. The van der Waals surface area contributed by atoms with Crippen molar-refractivity contribution in [1.29, 1.82) is 0 Å². The average Bonchev–Trinajstić information content (AvgIpc) is 3.13. The van der Waals surface area contributed by atoms with Gasteiger partial charge in [0.05, 0.1) is 11.5 Å². The molecule has 1 amide bonds. The van der Waals surface area contributed by atoms with Gasteiger partial charge in [-0.1, -0.05) is 5.16 Å². The van der Waals surface area contributed by atoms with Crippen molar-refractivity contribution in [3.8, 4) is 11.4 Å². The molecule has 0 radical (unpaired) electrons. The molecule has 2 aromatic heterocycles. The second-order valence-electron chi connectivity index (χ2n) is 5.42. The Hall–Kier alpha value is -2.29. The van der Waals surface area contributed by atoms with Crippen LogP contribution >= 0.6 is 0 Å². The van der Waals surface area contributed by atoms with Crippen molar-refractivity contribution in [1.82, 2.24) is 20.4 Å². The maximum Gasteiger partial charge on any atom is 0.227 e. The maximum absolute atomic E-state index is 11.9. The highest BCUT2D eigenvalue weighted by Crippen LogP contribution is 2.15. The summed E-state index contributed by atoms with van der Waals surface area (Å²) in [7, 11) is -3.00. The van der Waals surface area contributed by atoms with Gasteiger partial charge in [-0.25, -0.2) is 8.42 Å². The molecule has 0 saturated carbocycles. The molecule has 0 aliphatic carbocycles. The van der Waals surface area contributed by atoms with E-state index in [0.717, 1.165) is 5.56 Å². The number of aromatic nitrogens is 3. The summed E-state index contributed by atoms with van der Waals surface area (Å²) in [5.74, 6) is 0.758. The first-order valence-electron chi connectivity index (χ1n) is 7.25. The van der Waals surface area contributed by atoms with E-state index in [1.54, 1.807) is 24.5 Å². The summed E-state index contributed by atoms with van der Waals surface area (Å²) < 4.78 is 27.8. The van der Waals surface area contributed by atoms with Crippen molar-refractivity contribution >= 4 is 15.7 Å². The molecule has 0 bridgehead atoms. The lowest BCUT2D eigenvalue weighted by Gasteiger charge is -2.09. The Balaban J connectivity index is 1.51. The standard InChI is InChI=1S/C14H16N4O4S/c19-12(16-11-5-8-23(20,21)9-11)1-2-13-17-14(18-22-13)10-3-6-15-7-4-10/h3-4,6-7,11H,1-2,5,8-9H2,(H,16,19)/t11-/m0/s1. The van der Waals surface area contributed by atoms with Crippen molar-refractivity contribution in [2.45, 2.75) is 25.3 Å². The van der Waals surface area contributed by atoms with Gasteiger partial charge in [0, 0.05) is 36.8 Å². The van der Waals surface area contributed by atoms with E-state index < -0.39 is 9.84 Å². The van der Waals surface area contributed by atoms with Gasteiger partial charge in [-0.2, -0.15) is 4.98 Å². The summed E-state index contributed by atoms with van der Waals surface area (Å²) in [6.45, 7) is 0. The lowest BCUT2D eigenvalue weighted by molar-refractivity contribution is -0.121. The number of sulfone groups is 1. The van der Waals surface area contributed by atoms with E-state index in [1.165, 1.54) is 0 Å². The third-order valence-corrected chi connectivity index (χ3v) is 5.34. The number of carbonyl (C=O) groups excluding carboxylic acids is 1. The van der Waals surface area contributed by atoms with Crippen molar-refractivity contribution in [3.63, 3.8) is 0 Å². The van der Waals surface area contributed by atoms with Crippen LogP contribution in [0.25, 0.3) is 11.4 Å². The molecule has 0 aromatic carbocycles. The molecular formula is C14H16N4O4S. The van der Waals surface area contributed by atoms with Crippen LogP contribution in [-0.4, -0.2) is 47.0 Å². The monoisotopic (exact) mass is 336 g/mol. The SMILES string of the molecule is O=C(CCc1nc(-c2ccncc2)no1)N[C@H]1CCS(=O)(=O)C1. The number of nitrogens with one attached hydrogen (secondary N) is 1. The summed E-state index contributed by atoms with van der Waals surface area (Å²) in [4.78, 5) is 20.0. The molecule has 2 aromatic rings. The van der Waals surface area contributed by atoms with Crippen LogP contribution in [0.2, 0.25) is 0 Å². The highest BCUT2D eigenvalue weighted by atomic mass is 32.2. The van der Waals surface area contributed by atoms with Gasteiger partial charge in [0.2, 0.25) is 17.6 Å². The number of hydrogen-bond donors (Lipinski definition) is 1. The summed E-state index contributed by atoms with van der Waals surface area (Å²) in [6.07, 6.45) is 4.22. The Bertz CT molecular complexity index is 788. The third-order valence-electron chi connectivity index (χ3n) is 3.57. The number of carbonyl (C=O) groups is 1. The molecule has 1 aliphatic heterocycles. The largest absolute Gasteiger partial charge is 0.352 e. The number of nitrogens with zero attached hydrogens (tertiary/aromatic N) is 3. The van der Waals surface area contributed by atoms with Crippen molar-refractivity contribution in [2.75, 3.05) is 11.5 Å². The molecular weight excluding hydrogens is 320 g/mol. The van der Waals surface area contributed by atoms with Gasteiger partial charge in [0.1, 0.15) is 0 Å². The Kier molecular flexibility index (Phi) is 4.37. The van der Waals surface area contributed by atoms with E-state index in [4.69, 9.17) is 4.52 Å². The summed E-state index contributed by atoms with van der Waals surface area (Å²) in [6, 6.07) is 3.24. The summed E-state index contributed by atoms with van der Waals surface area (Å²) in [5, 5.41) is 6.59. The highest BCUT2D eigenvalue weighted by Gasteiger charge is 2.28. The Morgan fingerprint density at radius 3 is 2.83 bits per heavy atom. The van der Waals surface area contributed by atoms with Crippen molar-refractivity contribution in [3.05, 3.63) is 30.4 Å². The maximum atomic E-state index is 11.9. The fourth-order valence-corrected chi connectivity index (χ4v) is 4.08. The lowest BCUT2D eigenvalue weighted by atomic mass is 10.2. The molecule has 122 valence electrons. The van der Waals surface area contributed by atoms with Gasteiger partial charge in [-0.3, -0.25) is 9.78 Å². The van der Waals surface area contributed by atoms with E-state index in [-0.39, 0.29) is 29.9 Å². The van der Waals surface area contributed by atoms with Crippen LogP contribution in [0.5, 0.6) is 0 Å². The predicted octanol–water partition coefficient (Wildman–Crippen LogP) is 0.367. The molecule has 9 heteroatoms. The lowest BCUT2D eigenvalue weighted by Crippen LogP contribution is -2.35. The number of aryl methyl sites for hydroxylation is 1. The molecule has 3 rings (SSSR count). The van der Waals surface area contributed by atoms with E-state index >= 15 is 0 Å². The number of pyridine rings is 1. The Labute approximate surface area is 133 Å².